The average molecular weight is 346 g/mol. The van der Waals surface area contributed by atoms with Crippen molar-refractivity contribution in [2.45, 2.75) is 44.9 Å². The van der Waals surface area contributed by atoms with E-state index >= 15 is 0 Å². The summed E-state index contributed by atoms with van der Waals surface area (Å²) in [6.45, 7) is 4.12. The zero-order chi connectivity index (χ0) is 17.6. The molecule has 1 aromatic rings. The van der Waals surface area contributed by atoms with E-state index in [2.05, 4.69) is 4.90 Å². The van der Waals surface area contributed by atoms with Crippen molar-refractivity contribution in [2.24, 2.45) is 11.8 Å². The van der Waals surface area contributed by atoms with Gasteiger partial charge in [-0.25, -0.2) is 4.39 Å². The maximum atomic E-state index is 13.0. The molecule has 0 spiro atoms. The molecule has 0 aromatic heterocycles. The fourth-order valence-corrected chi connectivity index (χ4v) is 4.40. The van der Waals surface area contributed by atoms with Gasteiger partial charge in [-0.2, -0.15) is 0 Å². The zero-order valence-electron chi connectivity index (χ0n) is 15.4. The van der Waals surface area contributed by atoms with Gasteiger partial charge >= 0.3 is 0 Å². The smallest absolute Gasteiger partial charge is 0.225 e. The van der Waals surface area contributed by atoms with E-state index in [0.29, 0.717) is 11.8 Å². The molecule has 1 aliphatic heterocycles. The van der Waals surface area contributed by atoms with Crippen molar-refractivity contribution in [3.63, 3.8) is 0 Å². The highest BCUT2D eigenvalue weighted by molar-refractivity contribution is 5.78. The minimum absolute atomic E-state index is 0.170. The van der Waals surface area contributed by atoms with Crippen molar-refractivity contribution in [1.29, 1.82) is 0 Å². The number of hydrogen-bond acceptors (Lipinski definition) is 2. The Kier molecular flexibility index (Phi) is 6.46. The third-order valence-electron chi connectivity index (χ3n) is 5.85. The molecule has 138 valence electrons. The fraction of sp³-hybridized carbons (Fsp3) is 0.667. The van der Waals surface area contributed by atoms with Crippen molar-refractivity contribution in [1.82, 2.24) is 9.80 Å². The highest BCUT2D eigenvalue weighted by atomic mass is 19.1. The lowest BCUT2D eigenvalue weighted by Gasteiger charge is -2.35. The summed E-state index contributed by atoms with van der Waals surface area (Å²) in [4.78, 5) is 17.0. The second-order valence-electron chi connectivity index (χ2n) is 7.89. The molecule has 0 bridgehead atoms. The minimum Gasteiger partial charge on any atom is -0.345 e. The van der Waals surface area contributed by atoms with E-state index in [9.17, 15) is 9.18 Å². The molecule has 1 unspecified atom stereocenters. The third kappa shape index (κ3) is 5.27. The van der Waals surface area contributed by atoms with Gasteiger partial charge in [-0.15, -0.1) is 0 Å². The summed E-state index contributed by atoms with van der Waals surface area (Å²) in [5.74, 6) is 1.05. The first-order valence-electron chi connectivity index (χ1n) is 9.83. The maximum absolute atomic E-state index is 13.0. The van der Waals surface area contributed by atoms with E-state index in [1.165, 1.54) is 43.4 Å². The molecule has 1 aliphatic carbocycles. The van der Waals surface area contributed by atoms with Crippen LogP contribution in [0.4, 0.5) is 4.39 Å². The molecule has 2 fully saturated rings. The molecule has 1 heterocycles. The number of halogens is 1. The van der Waals surface area contributed by atoms with Gasteiger partial charge in [0.25, 0.3) is 0 Å². The Labute approximate surface area is 151 Å². The number of carbonyl (C=O) groups excluding carboxylic acids is 1. The van der Waals surface area contributed by atoms with Crippen LogP contribution in [-0.2, 0) is 11.2 Å². The molecular weight excluding hydrogens is 315 g/mol. The lowest BCUT2D eigenvalue weighted by atomic mass is 9.96. The number of likely N-dealkylation sites (tertiary alicyclic amines) is 1. The summed E-state index contributed by atoms with van der Waals surface area (Å²) in [6.07, 6.45) is 7.98. The van der Waals surface area contributed by atoms with Crippen molar-refractivity contribution in [3.05, 3.63) is 35.6 Å². The third-order valence-corrected chi connectivity index (χ3v) is 5.85. The van der Waals surface area contributed by atoms with E-state index in [1.54, 1.807) is 0 Å². The summed E-state index contributed by atoms with van der Waals surface area (Å²) < 4.78 is 13.0. The second-order valence-corrected chi connectivity index (χ2v) is 7.89. The Morgan fingerprint density at radius 3 is 2.60 bits per heavy atom. The number of amides is 1. The number of piperidine rings is 1. The minimum atomic E-state index is -0.170. The Morgan fingerprint density at radius 1 is 1.16 bits per heavy atom. The predicted octanol–water partition coefficient (Wildman–Crippen LogP) is 3.73. The fourth-order valence-electron chi connectivity index (χ4n) is 4.40. The van der Waals surface area contributed by atoms with Crippen LogP contribution in [0.3, 0.4) is 0 Å². The van der Waals surface area contributed by atoms with Crippen LogP contribution >= 0.6 is 0 Å². The SMILES string of the molecule is CN(CC1CCCN(CCc2ccc(F)cc2)C1)C(=O)C1CCCC1. The molecule has 0 radical (unpaired) electrons. The van der Waals surface area contributed by atoms with E-state index in [4.69, 9.17) is 0 Å². The van der Waals surface area contributed by atoms with Crippen molar-refractivity contribution in [2.75, 3.05) is 33.2 Å². The molecule has 1 atom stereocenters. The highest BCUT2D eigenvalue weighted by Crippen LogP contribution is 2.27. The summed E-state index contributed by atoms with van der Waals surface area (Å²) in [7, 11) is 1.98. The topological polar surface area (TPSA) is 23.6 Å². The molecule has 3 nitrogen and oxygen atoms in total. The van der Waals surface area contributed by atoms with E-state index in [-0.39, 0.29) is 11.7 Å². The predicted molar refractivity (Wildman–Crippen MR) is 98.9 cm³/mol. The molecule has 3 rings (SSSR count). The van der Waals surface area contributed by atoms with Gasteiger partial charge in [-0.05, 0) is 62.3 Å². The molecule has 0 N–H and O–H groups in total. The van der Waals surface area contributed by atoms with Crippen LogP contribution in [0.1, 0.15) is 44.1 Å². The van der Waals surface area contributed by atoms with Crippen LogP contribution in [0.2, 0.25) is 0 Å². The van der Waals surface area contributed by atoms with E-state index < -0.39 is 0 Å². The van der Waals surface area contributed by atoms with Crippen LogP contribution in [0.25, 0.3) is 0 Å². The zero-order valence-corrected chi connectivity index (χ0v) is 15.4. The first-order chi connectivity index (χ1) is 12.1. The van der Waals surface area contributed by atoms with Gasteiger partial charge < -0.3 is 9.80 Å². The lowest BCUT2D eigenvalue weighted by molar-refractivity contribution is -0.134. The van der Waals surface area contributed by atoms with Gasteiger partial charge in [0.1, 0.15) is 5.82 Å². The standard InChI is InChI=1S/C21H31FN2O/c1-23(21(25)19-6-2-3-7-19)15-18-5-4-13-24(16-18)14-12-17-8-10-20(22)11-9-17/h8-11,18-19H,2-7,12-16H2,1H3. The largest absolute Gasteiger partial charge is 0.345 e. The van der Waals surface area contributed by atoms with Gasteiger partial charge in [-0.1, -0.05) is 25.0 Å². The van der Waals surface area contributed by atoms with Gasteiger partial charge in [0.2, 0.25) is 5.91 Å². The summed E-state index contributed by atoms with van der Waals surface area (Å²) in [5.41, 5.74) is 1.19. The number of hydrogen-bond donors (Lipinski definition) is 0. The highest BCUT2D eigenvalue weighted by Gasteiger charge is 2.28. The van der Waals surface area contributed by atoms with E-state index in [0.717, 1.165) is 45.4 Å². The Hall–Kier alpha value is -1.42. The van der Waals surface area contributed by atoms with E-state index in [1.807, 2.05) is 24.1 Å². The van der Waals surface area contributed by atoms with Crippen LogP contribution in [0, 0.1) is 17.7 Å². The van der Waals surface area contributed by atoms with Gasteiger partial charge in [0.15, 0.2) is 0 Å². The quantitative estimate of drug-likeness (QED) is 0.784. The van der Waals surface area contributed by atoms with Gasteiger partial charge in [0.05, 0.1) is 0 Å². The van der Waals surface area contributed by atoms with Crippen molar-refractivity contribution >= 4 is 5.91 Å². The first kappa shape index (κ1) is 18.4. The van der Waals surface area contributed by atoms with Crippen LogP contribution in [0.5, 0.6) is 0 Å². The van der Waals surface area contributed by atoms with Crippen molar-refractivity contribution in [3.8, 4) is 0 Å². The Morgan fingerprint density at radius 2 is 1.88 bits per heavy atom. The summed E-state index contributed by atoms with van der Waals surface area (Å²) >= 11 is 0. The van der Waals surface area contributed by atoms with Crippen molar-refractivity contribution < 1.29 is 9.18 Å². The van der Waals surface area contributed by atoms with Crippen LogP contribution < -0.4 is 0 Å². The molecular formula is C21H31FN2O. The van der Waals surface area contributed by atoms with Gasteiger partial charge in [0, 0.05) is 32.6 Å². The Balaban J connectivity index is 1.44. The van der Waals surface area contributed by atoms with Crippen LogP contribution in [-0.4, -0.2) is 48.9 Å². The maximum Gasteiger partial charge on any atom is 0.225 e. The molecule has 1 saturated heterocycles. The summed E-state index contributed by atoms with van der Waals surface area (Å²) in [6, 6.07) is 6.84. The lowest BCUT2D eigenvalue weighted by Crippen LogP contribution is -2.43. The normalized spacial score (nSPS) is 22.2. The molecule has 1 aromatic carbocycles. The molecule has 25 heavy (non-hydrogen) atoms. The second kappa shape index (κ2) is 8.79. The molecule has 4 heteroatoms. The molecule has 1 saturated carbocycles. The number of rotatable bonds is 6. The Bertz CT molecular complexity index is 554. The summed E-state index contributed by atoms with van der Waals surface area (Å²) in [5, 5.41) is 0. The molecule has 2 aliphatic rings. The average Bonchev–Trinajstić information content (AvgIpc) is 3.15. The number of carbonyl (C=O) groups is 1. The van der Waals surface area contributed by atoms with Gasteiger partial charge in [-0.3, -0.25) is 4.79 Å². The molecule has 1 amide bonds. The number of nitrogens with zero attached hydrogens (tertiary/aromatic N) is 2. The monoisotopic (exact) mass is 346 g/mol. The number of benzene rings is 1. The van der Waals surface area contributed by atoms with Crippen LogP contribution in [0.15, 0.2) is 24.3 Å². The first-order valence-corrected chi connectivity index (χ1v) is 9.83.